The van der Waals surface area contributed by atoms with Crippen LogP contribution in [0.5, 0.6) is 0 Å². The molecule has 0 amide bonds. The van der Waals surface area contributed by atoms with Crippen LogP contribution in [0.3, 0.4) is 0 Å². The number of allylic oxidation sites excluding steroid dienone is 2. The van der Waals surface area contributed by atoms with Crippen LogP contribution in [0.2, 0.25) is 0 Å². The Labute approximate surface area is 80.8 Å². The fraction of sp³-hybridized carbons (Fsp3) is 0.100. The van der Waals surface area contributed by atoms with E-state index in [2.05, 4.69) is 0 Å². The molecule has 0 aliphatic heterocycles. The van der Waals surface area contributed by atoms with Gasteiger partial charge in [-0.25, -0.2) is 0 Å². The first kappa shape index (κ1) is 9.74. The normalized spacial score (nSPS) is 12.2. The Kier molecular flexibility index (Phi) is 3.46. The van der Waals surface area contributed by atoms with Gasteiger partial charge >= 0.3 is 0 Å². The van der Waals surface area contributed by atoms with Crippen LogP contribution in [0.1, 0.15) is 11.8 Å². The van der Waals surface area contributed by atoms with E-state index in [0.29, 0.717) is 0 Å². The topological polar surface area (TPSA) is 37.3 Å². The first-order chi connectivity index (χ1) is 6.18. The number of carbonyl (C=O) groups excluding carboxylic acids is 1. The Balaban J connectivity index is 2.64. The largest absolute Gasteiger partial charge is 0.508 e. The van der Waals surface area contributed by atoms with Gasteiger partial charge in [0.2, 0.25) is 0 Å². The standard InChI is InChI=1S/C10H10O2S/c1-8(11)7-9(12)4-5-10-3-2-6-13-10/h2-7,12H,1H3/b5-4+,9-7-. The summed E-state index contributed by atoms with van der Waals surface area (Å²) in [6.07, 6.45) is 4.46. The molecule has 0 saturated carbocycles. The maximum absolute atomic E-state index is 10.5. The van der Waals surface area contributed by atoms with Crippen LogP contribution in [-0.2, 0) is 4.79 Å². The van der Waals surface area contributed by atoms with Gasteiger partial charge in [-0.1, -0.05) is 6.07 Å². The molecule has 1 aromatic heterocycles. The number of carbonyl (C=O) groups is 1. The maximum Gasteiger partial charge on any atom is 0.156 e. The van der Waals surface area contributed by atoms with Gasteiger partial charge in [0.05, 0.1) is 0 Å². The molecule has 13 heavy (non-hydrogen) atoms. The Morgan fingerprint density at radius 3 is 2.92 bits per heavy atom. The highest BCUT2D eigenvalue weighted by Gasteiger charge is 1.90. The first-order valence-electron chi connectivity index (χ1n) is 3.81. The fourth-order valence-electron chi connectivity index (χ4n) is 0.810. The molecule has 0 aliphatic rings. The third kappa shape index (κ3) is 3.71. The summed E-state index contributed by atoms with van der Waals surface area (Å²) in [5.74, 6) is -0.172. The first-order valence-corrected chi connectivity index (χ1v) is 4.69. The van der Waals surface area contributed by atoms with E-state index in [0.717, 1.165) is 4.88 Å². The highest BCUT2D eigenvalue weighted by molar-refractivity contribution is 7.10. The van der Waals surface area contributed by atoms with Crippen LogP contribution < -0.4 is 0 Å². The molecule has 1 N–H and O–H groups in total. The summed E-state index contributed by atoms with van der Waals surface area (Å²) in [6.45, 7) is 1.40. The second-order valence-electron chi connectivity index (χ2n) is 2.53. The van der Waals surface area contributed by atoms with Gasteiger partial charge in [-0.15, -0.1) is 11.3 Å². The highest BCUT2D eigenvalue weighted by atomic mass is 32.1. The van der Waals surface area contributed by atoms with Crippen molar-refractivity contribution in [2.75, 3.05) is 0 Å². The van der Waals surface area contributed by atoms with Crippen LogP contribution in [0, 0.1) is 0 Å². The van der Waals surface area contributed by atoms with E-state index in [1.165, 1.54) is 19.1 Å². The van der Waals surface area contributed by atoms with Crippen molar-refractivity contribution in [2.24, 2.45) is 0 Å². The van der Waals surface area contributed by atoms with Gasteiger partial charge in [-0.2, -0.15) is 0 Å². The summed E-state index contributed by atoms with van der Waals surface area (Å²) in [5.41, 5.74) is 0. The summed E-state index contributed by atoms with van der Waals surface area (Å²) in [6, 6.07) is 3.86. The lowest BCUT2D eigenvalue weighted by molar-refractivity contribution is -0.112. The number of thiophene rings is 1. The Morgan fingerprint density at radius 2 is 2.38 bits per heavy atom. The number of rotatable bonds is 3. The van der Waals surface area contributed by atoms with E-state index in [-0.39, 0.29) is 11.5 Å². The van der Waals surface area contributed by atoms with Gasteiger partial charge in [0.1, 0.15) is 5.76 Å². The summed E-state index contributed by atoms with van der Waals surface area (Å²) < 4.78 is 0. The molecule has 0 aromatic carbocycles. The van der Waals surface area contributed by atoms with Crippen LogP contribution in [-0.4, -0.2) is 10.9 Å². The Morgan fingerprint density at radius 1 is 1.62 bits per heavy atom. The minimum Gasteiger partial charge on any atom is -0.508 e. The van der Waals surface area contributed by atoms with E-state index in [4.69, 9.17) is 0 Å². The molecular weight excluding hydrogens is 184 g/mol. The fourth-order valence-corrected chi connectivity index (χ4v) is 1.43. The molecule has 3 heteroatoms. The summed E-state index contributed by atoms with van der Waals surface area (Å²) in [5, 5.41) is 11.1. The minimum atomic E-state index is -0.159. The SMILES string of the molecule is CC(=O)/C=C(O)/C=C/c1cccs1. The van der Waals surface area contributed by atoms with Gasteiger partial charge in [0.15, 0.2) is 5.78 Å². The molecule has 0 unspecified atom stereocenters. The van der Waals surface area contributed by atoms with Crippen molar-refractivity contribution >= 4 is 23.2 Å². The Hall–Kier alpha value is -1.35. The molecule has 1 rings (SSSR count). The average Bonchev–Trinajstić information content (AvgIpc) is 2.51. The summed E-state index contributed by atoms with van der Waals surface area (Å²) >= 11 is 1.57. The van der Waals surface area contributed by atoms with Crippen molar-refractivity contribution in [3.63, 3.8) is 0 Å². The lowest BCUT2D eigenvalue weighted by Crippen LogP contribution is -1.84. The van der Waals surface area contributed by atoms with Crippen molar-refractivity contribution in [1.82, 2.24) is 0 Å². The molecular formula is C10H10O2S. The van der Waals surface area contributed by atoms with Crippen molar-refractivity contribution in [3.05, 3.63) is 40.3 Å². The number of hydrogen-bond donors (Lipinski definition) is 1. The predicted octanol–water partition coefficient (Wildman–Crippen LogP) is 2.79. The molecule has 0 atom stereocenters. The van der Waals surface area contributed by atoms with Gasteiger partial charge in [0.25, 0.3) is 0 Å². The predicted molar refractivity (Wildman–Crippen MR) is 54.7 cm³/mol. The molecule has 0 bridgehead atoms. The smallest absolute Gasteiger partial charge is 0.156 e. The molecule has 0 spiro atoms. The van der Waals surface area contributed by atoms with Gasteiger partial charge in [-0.3, -0.25) is 4.79 Å². The molecule has 0 saturated heterocycles. The summed E-state index contributed by atoms with van der Waals surface area (Å²) in [4.78, 5) is 11.6. The maximum atomic E-state index is 10.5. The van der Waals surface area contributed by atoms with Gasteiger partial charge in [-0.05, 0) is 30.5 Å². The molecule has 0 fully saturated rings. The lowest BCUT2D eigenvalue weighted by Gasteiger charge is -1.87. The zero-order valence-corrected chi connectivity index (χ0v) is 8.04. The average molecular weight is 194 g/mol. The molecule has 0 radical (unpaired) electrons. The number of hydrogen-bond acceptors (Lipinski definition) is 3. The van der Waals surface area contributed by atoms with Crippen molar-refractivity contribution < 1.29 is 9.90 Å². The van der Waals surface area contributed by atoms with Crippen molar-refractivity contribution in [3.8, 4) is 0 Å². The zero-order valence-electron chi connectivity index (χ0n) is 7.23. The third-order valence-corrected chi connectivity index (χ3v) is 2.15. The molecule has 1 heterocycles. The molecule has 0 aliphatic carbocycles. The van der Waals surface area contributed by atoms with Crippen LogP contribution >= 0.6 is 11.3 Å². The minimum absolute atomic E-state index is 0.0131. The van der Waals surface area contributed by atoms with Gasteiger partial charge in [0, 0.05) is 11.0 Å². The van der Waals surface area contributed by atoms with E-state index < -0.39 is 0 Å². The quantitative estimate of drug-likeness (QED) is 0.456. The van der Waals surface area contributed by atoms with Crippen molar-refractivity contribution in [2.45, 2.75) is 6.92 Å². The van der Waals surface area contributed by atoms with E-state index >= 15 is 0 Å². The van der Waals surface area contributed by atoms with Crippen molar-refractivity contribution in [1.29, 1.82) is 0 Å². The van der Waals surface area contributed by atoms with Crippen LogP contribution in [0.25, 0.3) is 6.08 Å². The number of ketones is 1. The van der Waals surface area contributed by atoms with Gasteiger partial charge < -0.3 is 5.11 Å². The lowest BCUT2D eigenvalue weighted by atomic mass is 10.3. The molecule has 68 valence electrons. The second-order valence-corrected chi connectivity index (χ2v) is 3.51. The van der Waals surface area contributed by atoms with Crippen LogP contribution in [0.15, 0.2) is 35.4 Å². The highest BCUT2D eigenvalue weighted by Crippen LogP contribution is 2.11. The molecule has 2 nitrogen and oxygen atoms in total. The second kappa shape index (κ2) is 4.62. The number of aliphatic hydroxyl groups excluding tert-OH is 1. The third-order valence-electron chi connectivity index (χ3n) is 1.31. The molecule has 1 aromatic rings. The number of aliphatic hydroxyl groups is 1. The van der Waals surface area contributed by atoms with E-state index in [9.17, 15) is 9.90 Å². The Bertz CT molecular complexity index is 334. The zero-order chi connectivity index (χ0) is 9.68. The summed E-state index contributed by atoms with van der Waals surface area (Å²) in [7, 11) is 0. The van der Waals surface area contributed by atoms with E-state index in [1.54, 1.807) is 17.4 Å². The van der Waals surface area contributed by atoms with Crippen LogP contribution in [0.4, 0.5) is 0 Å². The monoisotopic (exact) mass is 194 g/mol. The van der Waals surface area contributed by atoms with E-state index in [1.807, 2.05) is 17.5 Å².